The van der Waals surface area contributed by atoms with E-state index in [2.05, 4.69) is 15.4 Å². The first kappa shape index (κ1) is 20.2. The van der Waals surface area contributed by atoms with Crippen molar-refractivity contribution in [2.45, 2.75) is 13.5 Å². The van der Waals surface area contributed by atoms with Crippen LogP contribution in [0.4, 0.5) is 15.8 Å². The number of ketones is 1. The van der Waals surface area contributed by atoms with Gasteiger partial charge < -0.3 is 5.32 Å². The van der Waals surface area contributed by atoms with Gasteiger partial charge in [0.1, 0.15) is 17.2 Å². The maximum atomic E-state index is 13.7. The highest BCUT2D eigenvalue weighted by molar-refractivity contribution is 6.05. The lowest BCUT2D eigenvalue weighted by Gasteiger charge is -2.17. The molecule has 2 heterocycles. The Balaban J connectivity index is 1.94. The topological polar surface area (TPSA) is 76.9 Å². The van der Waals surface area contributed by atoms with Crippen molar-refractivity contribution in [3.05, 3.63) is 106 Å². The molecule has 0 spiro atoms. The lowest BCUT2D eigenvalue weighted by atomic mass is 10.0. The smallest absolute Gasteiger partial charge is 0.291 e. The number of aromatic nitrogens is 3. The number of halogens is 1. The van der Waals surface area contributed by atoms with Gasteiger partial charge >= 0.3 is 0 Å². The van der Waals surface area contributed by atoms with Crippen LogP contribution in [0.5, 0.6) is 0 Å². The van der Waals surface area contributed by atoms with Gasteiger partial charge in [-0.2, -0.15) is 5.10 Å². The number of pyridine rings is 1. The van der Waals surface area contributed by atoms with Gasteiger partial charge in [-0.05, 0) is 42.8 Å². The molecule has 0 bridgehead atoms. The molecule has 31 heavy (non-hydrogen) atoms. The molecule has 0 aliphatic heterocycles. The molecule has 7 heteroatoms. The summed E-state index contributed by atoms with van der Waals surface area (Å²) >= 11 is 0. The van der Waals surface area contributed by atoms with Gasteiger partial charge in [-0.15, -0.1) is 0 Å². The van der Waals surface area contributed by atoms with Crippen molar-refractivity contribution < 1.29 is 9.18 Å². The summed E-state index contributed by atoms with van der Waals surface area (Å²) in [7, 11) is 0. The Kier molecular flexibility index (Phi) is 5.66. The van der Waals surface area contributed by atoms with E-state index in [1.807, 2.05) is 30.3 Å². The van der Waals surface area contributed by atoms with Crippen LogP contribution in [0.1, 0.15) is 22.8 Å². The summed E-state index contributed by atoms with van der Waals surface area (Å²) < 4.78 is 15.0. The van der Waals surface area contributed by atoms with Crippen molar-refractivity contribution in [3.8, 4) is 11.3 Å². The van der Waals surface area contributed by atoms with E-state index in [1.54, 1.807) is 30.6 Å². The zero-order valence-corrected chi connectivity index (χ0v) is 16.7. The van der Waals surface area contributed by atoms with Crippen molar-refractivity contribution in [3.63, 3.8) is 0 Å². The van der Waals surface area contributed by atoms with Gasteiger partial charge in [0.2, 0.25) is 0 Å². The van der Waals surface area contributed by atoms with E-state index in [9.17, 15) is 14.0 Å². The standard InChI is InChI=1S/C24H19FN4O2/c1-16(30)21-22(18-6-3-2-4-7-18)28-29(15-17-10-12-26-13-11-17)24(31)23(21)27-20-9-5-8-19(25)14-20/h2-14,27H,15H2,1H3. The second-order valence-corrected chi connectivity index (χ2v) is 6.97. The third-order valence-electron chi connectivity index (χ3n) is 4.73. The lowest BCUT2D eigenvalue weighted by molar-refractivity contribution is 0.101. The number of benzene rings is 2. The van der Waals surface area contributed by atoms with Gasteiger partial charge in [0.05, 0.1) is 12.1 Å². The van der Waals surface area contributed by atoms with Crippen LogP contribution in [-0.2, 0) is 6.54 Å². The van der Waals surface area contributed by atoms with Gasteiger partial charge in [-0.25, -0.2) is 9.07 Å². The molecule has 0 unspecified atom stereocenters. The second kappa shape index (κ2) is 8.71. The molecule has 0 amide bonds. The molecular weight excluding hydrogens is 395 g/mol. The molecule has 1 N–H and O–H groups in total. The Morgan fingerprint density at radius 1 is 1.03 bits per heavy atom. The number of Topliss-reactive ketones (excluding diaryl/α,β-unsaturated/α-hetero) is 1. The van der Waals surface area contributed by atoms with Crippen LogP contribution in [0.3, 0.4) is 0 Å². The molecule has 0 radical (unpaired) electrons. The number of hydrogen-bond acceptors (Lipinski definition) is 5. The Morgan fingerprint density at radius 2 is 1.77 bits per heavy atom. The summed E-state index contributed by atoms with van der Waals surface area (Å²) in [6, 6.07) is 18.5. The highest BCUT2D eigenvalue weighted by Gasteiger charge is 2.22. The van der Waals surface area contributed by atoms with E-state index >= 15 is 0 Å². The Hall–Kier alpha value is -4.13. The predicted molar refractivity (Wildman–Crippen MR) is 117 cm³/mol. The summed E-state index contributed by atoms with van der Waals surface area (Å²) in [5, 5.41) is 7.48. The fourth-order valence-corrected chi connectivity index (χ4v) is 3.31. The minimum absolute atomic E-state index is 0.0565. The number of nitrogens with zero attached hydrogens (tertiary/aromatic N) is 3. The summed E-state index contributed by atoms with van der Waals surface area (Å²) in [5.74, 6) is -0.776. The van der Waals surface area contributed by atoms with Gasteiger partial charge in [0.25, 0.3) is 5.56 Å². The van der Waals surface area contributed by atoms with Crippen LogP contribution in [0, 0.1) is 5.82 Å². The fourth-order valence-electron chi connectivity index (χ4n) is 3.31. The van der Waals surface area contributed by atoms with E-state index in [1.165, 1.54) is 29.8 Å². The maximum absolute atomic E-state index is 13.7. The number of carbonyl (C=O) groups excluding carboxylic acids is 1. The highest BCUT2D eigenvalue weighted by Crippen LogP contribution is 2.28. The molecule has 2 aromatic carbocycles. The van der Waals surface area contributed by atoms with E-state index in [4.69, 9.17) is 0 Å². The summed E-state index contributed by atoms with van der Waals surface area (Å²) in [6.07, 6.45) is 3.27. The van der Waals surface area contributed by atoms with Crippen molar-refractivity contribution >= 4 is 17.2 Å². The lowest BCUT2D eigenvalue weighted by Crippen LogP contribution is -2.29. The van der Waals surface area contributed by atoms with Crippen LogP contribution in [0.2, 0.25) is 0 Å². The number of anilines is 2. The number of hydrogen-bond donors (Lipinski definition) is 1. The quantitative estimate of drug-likeness (QED) is 0.472. The normalized spacial score (nSPS) is 10.6. The number of rotatable bonds is 6. The first-order chi connectivity index (χ1) is 15.0. The largest absolute Gasteiger partial charge is 0.350 e. The van der Waals surface area contributed by atoms with Crippen molar-refractivity contribution in [2.24, 2.45) is 0 Å². The molecule has 2 aromatic heterocycles. The van der Waals surface area contributed by atoms with Crippen LogP contribution >= 0.6 is 0 Å². The molecule has 0 fully saturated rings. The SMILES string of the molecule is CC(=O)c1c(-c2ccccc2)nn(Cc2ccncc2)c(=O)c1Nc1cccc(F)c1. The third kappa shape index (κ3) is 4.40. The number of carbonyl (C=O) groups is 1. The fraction of sp³-hybridized carbons (Fsp3) is 0.0833. The molecule has 6 nitrogen and oxygen atoms in total. The first-order valence-electron chi connectivity index (χ1n) is 9.66. The first-order valence-corrected chi connectivity index (χ1v) is 9.66. The average molecular weight is 414 g/mol. The maximum Gasteiger partial charge on any atom is 0.291 e. The Labute approximate surface area is 178 Å². The van der Waals surface area contributed by atoms with E-state index < -0.39 is 11.4 Å². The van der Waals surface area contributed by atoms with Crippen LogP contribution in [0.15, 0.2) is 83.9 Å². The third-order valence-corrected chi connectivity index (χ3v) is 4.73. The highest BCUT2D eigenvalue weighted by atomic mass is 19.1. The molecule has 0 atom stereocenters. The summed E-state index contributed by atoms with van der Waals surface area (Å²) in [4.78, 5) is 30.0. The monoisotopic (exact) mass is 414 g/mol. The Morgan fingerprint density at radius 3 is 2.45 bits per heavy atom. The van der Waals surface area contributed by atoms with Crippen LogP contribution < -0.4 is 10.9 Å². The van der Waals surface area contributed by atoms with Crippen molar-refractivity contribution in [1.82, 2.24) is 14.8 Å². The molecule has 0 aliphatic rings. The van der Waals surface area contributed by atoms with Gasteiger partial charge in [-0.3, -0.25) is 14.6 Å². The van der Waals surface area contributed by atoms with Gasteiger partial charge in [0.15, 0.2) is 5.78 Å². The van der Waals surface area contributed by atoms with Crippen LogP contribution in [0.25, 0.3) is 11.3 Å². The van der Waals surface area contributed by atoms with Crippen LogP contribution in [-0.4, -0.2) is 20.5 Å². The second-order valence-electron chi connectivity index (χ2n) is 6.97. The molecule has 0 saturated heterocycles. The predicted octanol–water partition coefficient (Wildman–Crippen LogP) is 4.44. The van der Waals surface area contributed by atoms with E-state index in [-0.39, 0.29) is 23.6 Å². The van der Waals surface area contributed by atoms with Crippen molar-refractivity contribution in [2.75, 3.05) is 5.32 Å². The molecule has 154 valence electrons. The molecule has 0 aliphatic carbocycles. The van der Waals surface area contributed by atoms with Gasteiger partial charge in [0, 0.05) is 23.6 Å². The Bertz CT molecular complexity index is 1290. The van der Waals surface area contributed by atoms with Gasteiger partial charge in [-0.1, -0.05) is 36.4 Å². The minimum atomic E-state index is -0.481. The average Bonchev–Trinajstić information content (AvgIpc) is 2.77. The molecular formula is C24H19FN4O2. The zero-order chi connectivity index (χ0) is 21.8. The minimum Gasteiger partial charge on any atom is -0.350 e. The zero-order valence-electron chi connectivity index (χ0n) is 16.7. The summed E-state index contributed by atoms with van der Waals surface area (Å²) in [6.45, 7) is 1.57. The van der Waals surface area contributed by atoms with Crippen molar-refractivity contribution in [1.29, 1.82) is 0 Å². The van der Waals surface area contributed by atoms with E-state index in [0.29, 0.717) is 16.9 Å². The molecule has 4 rings (SSSR count). The molecule has 4 aromatic rings. The summed E-state index contributed by atoms with van der Waals surface area (Å²) in [5.41, 5.74) is 1.99. The number of nitrogens with one attached hydrogen (secondary N) is 1. The van der Waals surface area contributed by atoms with E-state index in [0.717, 1.165) is 5.56 Å². The molecule has 0 saturated carbocycles.